The van der Waals surface area contributed by atoms with Crippen LogP contribution in [0.15, 0.2) is 48.5 Å². The Hall–Kier alpha value is -3.47. The maximum Gasteiger partial charge on any atom is 0.254 e. The van der Waals surface area contributed by atoms with Crippen molar-refractivity contribution in [3.05, 3.63) is 70.8 Å². The van der Waals surface area contributed by atoms with Gasteiger partial charge in [-0.3, -0.25) is 14.4 Å². The Morgan fingerprint density at radius 3 is 2.00 bits per heavy atom. The maximum absolute atomic E-state index is 12.9. The number of nitrogens with zero attached hydrogens (tertiary/aromatic N) is 1. The summed E-state index contributed by atoms with van der Waals surface area (Å²) in [6, 6.07) is 13.9. The number of hydrogen-bond acceptors (Lipinski definition) is 5. The Morgan fingerprint density at radius 2 is 1.55 bits per heavy atom. The molecule has 2 amide bonds. The third kappa shape index (κ3) is 5.86. The van der Waals surface area contributed by atoms with Crippen LogP contribution in [0.1, 0.15) is 59.8 Å². The number of likely N-dealkylation sites (N-methyl/N-ethyl adjacent to an activating group) is 2. The first-order valence-electron chi connectivity index (χ1n) is 10.7. The second kappa shape index (κ2) is 11.4. The van der Waals surface area contributed by atoms with Gasteiger partial charge in [0.15, 0.2) is 11.3 Å². The van der Waals surface area contributed by atoms with Crippen LogP contribution in [0.25, 0.3) is 0 Å². The molecule has 3 N–H and O–H groups in total. The Labute approximate surface area is 194 Å². The molecule has 7 nitrogen and oxygen atoms in total. The topological polar surface area (TPSA) is 107 Å². The summed E-state index contributed by atoms with van der Waals surface area (Å²) in [6.07, 6.45) is 1.14. The molecule has 33 heavy (non-hydrogen) atoms. The molecule has 0 aliphatic carbocycles. The molecule has 174 valence electrons. The molecule has 0 unspecified atom stereocenters. The third-order valence-electron chi connectivity index (χ3n) is 5.67. The van der Waals surface area contributed by atoms with Crippen molar-refractivity contribution in [2.45, 2.75) is 38.3 Å². The molecule has 0 radical (unpaired) electrons. The van der Waals surface area contributed by atoms with Gasteiger partial charge in [0, 0.05) is 30.8 Å². The number of amides is 2. The largest absolute Gasteiger partial charge is 0.388 e. The quantitative estimate of drug-likeness (QED) is 0.422. The van der Waals surface area contributed by atoms with Crippen molar-refractivity contribution in [3.8, 4) is 11.8 Å². The van der Waals surface area contributed by atoms with Crippen molar-refractivity contribution in [1.82, 2.24) is 10.2 Å². The van der Waals surface area contributed by atoms with E-state index in [1.807, 2.05) is 31.2 Å². The number of ketones is 1. The highest BCUT2D eigenvalue weighted by atomic mass is 16.3. The average Bonchev–Trinajstić information content (AvgIpc) is 2.85. The highest BCUT2D eigenvalue weighted by Crippen LogP contribution is 2.20. The molecule has 2 aromatic carbocycles. The van der Waals surface area contributed by atoms with Crippen molar-refractivity contribution >= 4 is 17.6 Å². The van der Waals surface area contributed by atoms with Gasteiger partial charge in [-0.05, 0) is 55.3 Å². The lowest BCUT2D eigenvalue weighted by atomic mass is 9.92. The first-order chi connectivity index (χ1) is 15.7. The minimum atomic E-state index is -1.84. The predicted octanol–water partition coefficient (Wildman–Crippen LogP) is 2.06. The molecule has 0 saturated heterocycles. The summed E-state index contributed by atoms with van der Waals surface area (Å²) in [6.45, 7) is 2.46. The SMILES string of the molecule is CCC[C@@H](O)c1ccc(C#Cc2ccc(C(=O)N(C)[C@](C)(C(=O)CO)C(=O)NC)cc2)cc1. The van der Waals surface area contributed by atoms with Crippen LogP contribution in [0.5, 0.6) is 0 Å². The molecule has 0 aliphatic heterocycles. The number of aliphatic hydroxyl groups excluding tert-OH is 2. The monoisotopic (exact) mass is 450 g/mol. The van der Waals surface area contributed by atoms with E-state index in [0.29, 0.717) is 12.0 Å². The summed E-state index contributed by atoms with van der Waals surface area (Å²) < 4.78 is 0. The smallest absolute Gasteiger partial charge is 0.254 e. The van der Waals surface area contributed by atoms with Gasteiger partial charge in [0.1, 0.15) is 6.61 Å². The fraction of sp³-hybridized carbons (Fsp3) is 0.346. The minimum Gasteiger partial charge on any atom is -0.388 e. The van der Waals surface area contributed by atoms with Crippen molar-refractivity contribution in [2.75, 3.05) is 20.7 Å². The second-order valence-electron chi connectivity index (χ2n) is 7.85. The number of nitrogens with one attached hydrogen (secondary N) is 1. The van der Waals surface area contributed by atoms with Gasteiger partial charge in [0.05, 0.1) is 6.10 Å². The van der Waals surface area contributed by atoms with E-state index < -0.39 is 35.8 Å². The van der Waals surface area contributed by atoms with E-state index in [4.69, 9.17) is 0 Å². The van der Waals surface area contributed by atoms with Crippen LogP contribution in [0.4, 0.5) is 0 Å². The molecule has 0 heterocycles. The molecule has 0 aromatic heterocycles. The van der Waals surface area contributed by atoms with Gasteiger partial charge in [-0.1, -0.05) is 37.3 Å². The lowest BCUT2D eigenvalue weighted by molar-refractivity contribution is -0.143. The van der Waals surface area contributed by atoms with Gasteiger partial charge >= 0.3 is 0 Å². The van der Waals surface area contributed by atoms with E-state index in [9.17, 15) is 24.6 Å². The number of rotatable bonds is 8. The Bertz CT molecular complexity index is 1030. The van der Waals surface area contributed by atoms with Gasteiger partial charge in [0.25, 0.3) is 11.8 Å². The molecule has 0 fully saturated rings. The van der Waals surface area contributed by atoms with Gasteiger partial charge < -0.3 is 20.4 Å². The molecule has 0 saturated carbocycles. The van der Waals surface area contributed by atoms with Gasteiger partial charge in [-0.2, -0.15) is 0 Å². The fourth-order valence-electron chi connectivity index (χ4n) is 3.33. The molecule has 7 heteroatoms. The molecular weight excluding hydrogens is 420 g/mol. The van der Waals surface area contributed by atoms with Crippen LogP contribution in [-0.4, -0.2) is 59.0 Å². The van der Waals surface area contributed by atoms with Crippen LogP contribution in [0, 0.1) is 11.8 Å². The fourth-order valence-corrected chi connectivity index (χ4v) is 3.33. The van der Waals surface area contributed by atoms with Gasteiger partial charge in [-0.15, -0.1) is 0 Å². The van der Waals surface area contributed by atoms with E-state index in [-0.39, 0.29) is 5.56 Å². The van der Waals surface area contributed by atoms with E-state index in [1.54, 1.807) is 24.3 Å². The van der Waals surface area contributed by atoms with Crippen molar-refractivity contribution < 1.29 is 24.6 Å². The number of carbonyl (C=O) groups excluding carboxylic acids is 3. The van der Waals surface area contributed by atoms with E-state index >= 15 is 0 Å². The summed E-state index contributed by atoms with van der Waals surface area (Å²) in [5, 5.41) is 21.7. The Balaban J connectivity index is 2.18. The van der Waals surface area contributed by atoms with Crippen LogP contribution in [-0.2, 0) is 9.59 Å². The zero-order valence-corrected chi connectivity index (χ0v) is 19.4. The normalized spacial score (nSPS) is 13.2. The first kappa shape index (κ1) is 25.8. The Morgan fingerprint density at radius 1 is 1.03 bits per heavy atom. The molecule has 0 spiro atoms. The van der Waals surface area contributed by atoms with Gasteiger partial charge in [-0.25, -0.2) is 0 Å². The molecule has 2 rings (SSSR count). The molecule has 0 aliphatic rings. The standard InChI is InChI=1S/C26H30N2O5/c1-5-6-22(30)20-13-9-18(10-14-20)7-8-19-11-15-21(16-12-19)24(32)28(4)26(2,23(31)17-29)25(33)27-3/h9-16,22,29-30H,5-6,17H2,1-4H3,(H,27,33)/t22-,26-/m1/s1. The summed E-state index contributed by atoms with van der Waals surface area (Å²) in [5.74, 6) is 4.06. The van der Waals surface area contributed by atoms with Crippen LogP contribution >= 0.6 is 0 Å². The lowest BCUT2D eigenvalue weighted by Crippen LogP contribution is -2.62. The van der Waals surface area contributed by atoms with Crippen LogP contribution < -0.4 is 5.32 Å². The molecule has 2 atom stereocenters. The maximum atomic E-state index is 12.9. The van der Waals surface area contributed by atoms with Crippen LogP contribution in [0.2, 0.25) is 0 Å². The number of Topliss-reactive ketones (excluding diaryl/α,β-unsaturated/α-hetero) is 1. The number of aliphatic hydroxyl groups is 2. The summed E-state index contributed by atoms with van der Waals surface area (Å²) in [7, 11) is 2.71. The summed E-state index contributed by atoms with van der Waals surface area (Å²) >= 11 is 0. The van der Waals surface area contributed by atoms with Crippen LogP contribution in [0.3, 0.4) is 0 Å². The molecule has 0 bridgehead atoms. The number of benzene rings is 2. The summed E-state index contributed by atoms with van der Waals surface area (Å²) in [5.41, 5.74) is 0.780. The average molecular weight is 451 g/mol. The minimum absolute atomic E-state index is 0.276. The highest BCUT2D eigenvalue weighted by Gasteiger charge is 2.46. The Kier molecular flexibility index (Phi) is 8.92. The summed E-state index contributed by atoms with van der Waals surface area (Å²) in [4.78, 5) is 38.5. The number of carbonyl (C=O) groups is 3. The lowest BCUT2D eigenvalue weighted by Gasteiger charge is -2.35. The van der Waals surface area contributed by atoms with E-state index in [0.717, 1.165) is 22.4 Å². The van der Waals surface area contributed by atoms with E-state index in [1.165, 1.54) is 21.0 Å². The van der Waals surface area contributed by atoms with Crippen molar-refractivity contribution in [1.29, 1.82) is 0 Å². The van der Waals surface area contributed by atoms with Gasteiger partial charge in [0.2, 0.25) is 0 Å². The van der Waals surface area contributed by atoms with E-state index in [2.05, 4.69) is 17.2 Å². The molecular formula is C26H30N2O5. The zero-order valence-electron chi connectivity index (χ0n) is 19.4. The predicted molar refractivity (Wildman–Crippen MR) is 125 cm³/mol. The highest BCUT2D eigenvalue weighted by molar-refractivity contribution is 6.14. The molecule has 2 aromatic rings. The zero-order chi connectivity index (χ0) is 24.6. The third-order valence-corrected chi connectivity index (χ3v) is 5.67. The first-order valence-corrected chi connectivity index (χ1v) is 10.7. The van der Waals surface area contributed by atoms with Crippen molar-refractivity contribution in [2.24, 2.45) is 0 Å². The second-order valence-corrected chi connectivity index (χ2v) is 7.85. The number of hydrogen-bond donors (Lipinski definition) is 3. The van der Waals surface area contributed by atoms with Crippen molar-refractivity contribution in [3.63, 3.8) is 0 Å².